The predicted octanol–water partition coefficient (Wildman–Crippen LogP) is 1.15. The van der Waals surface area contributed by atoms with E-state index < -0.39 is 17.9 Å². The Hall–Kier alpha value is -1.14. The molecule has 1 saturated heterocycles. The maximum atomic E-state index is 12.0. The average Bonchev–Trinajstić information content (AvgIpc) is 2.62. The third kappa shape index (κ3) is 3.00. The quantitative estimate of drug-likeness (QED) is 0.389. The lowest BCUT2D eigenvalue weighted by atomic mass is 9.91. The van der Waals surface area contributed by atoms with E-state index in [9.17, 15) is 9.59 Å². The van der Waals surface area contributed by atoms with Crippen LogP contribution in [0.2, 0.25) is 0 Å². The summed E-state index contributed by atoms with van der Waals surface area (Å²) >= 11 is 0. The monoisotopic (exact) mass is 258 g/mol. The van der Waals surface area contributed by atoms with Gasteiger partial charge in [-0.15, -0.1) is 0 Å². The number of unbranched alkanes of at least 4 members (excludes halogenated alkanes) is 3. The molecule has 0 aromatic carbocycles. The fourth-order valence-corrected chi connectivity index (χ4v) is 2.29. The van der Waals surface area contributed by atoms with Crippen LogP contribution in [0.1, 0.15) is 39.0 Å². The molecule has 0 spiro atoms. The molecular weight excluding hydrogens is 236 g/mol. The Morgan fingerprint density at radius 3 is 2.28 bits per heavy atom. The smallest absolute Gasteiger partial charge is 0.322 e. The molecule has 1 fully saturated rings. The molecule has 1 atom stereocenters. The summed E-state index contributed by atoms with van der Waals surface area (Å²) in [4.78, 5) is 23.3. The lowest BCUT2D eigenvalue weighted by molar-refractivity contribution is -0.165. The van der Waals surface area contributed by atoms with Crippen LogP contribution in [0.25, 0.3) is 0 Å². The first-order valence-electron chi connectivity index (χ1n) is 6.30. The van der Waals surface area contributed by atoms with Crippen LogP contribution in [-0.2, 0) is 14.3 Å². The van der Waals surface area contributed by atoms with Crippen molar-refractivity contribution in [1.82, 2.24) is 10.6 Å². The van der Waals surface area contributed by atoms with Gasteiger partial charge in [-0.1, -0.05) is 32.6 Å². The second-order valence-corrected chi connectivity index (χ2v) is 4.49. The SMILES string of the molecule is CCCCCCC1(C(OC)OC)NC(=O)NC1=O. The molecule has 0 aliphatic carbocycles. The summed E-state index contributed by atoms with van der Waals surface area (Å²) in [6.07, 6.45) is 3.81. The molecule has 3 amide bonds. The molecule has 0 saturated carbocycles. The first-order valence-corrected chi connectivity index (χ1v) is 6.30. The van der Waals surface area contributed by atoms with E-state index in [1.165, 1.54) is 14.2 Å². The maximum Gasteiger partial charge on any atom is 0.322 e. The lowest BCUT2D eigenvalue weighted by Gasteiger charge is -2.32. The topological polar surface area (TPSA) is 76.7 Å². The van der Waals surface area contributed by atoms with Crippen molar-refractivity contribution in [3.05, 3.63) is 0 Å². The van der Waals surface area contributed by atoms with Crippen LogP contribution in [0.4, 0.5) is 4.79 Å². The van der Waals surface area contributed by atoms with Crippen molar-refractivity contribution in [2.45, 2.75) is 50.9 Å². The predicted molar refractivity (Wildman–Crippen MR) is 66.0 cm³/mol. The van der Waals surface area contributed by atoms with E-state index in [1.807, 2.05) is 0 Å². The van der Waals surface area contributed by atoms with E-state index in [-0.39, 0.29) is 5.91 Å². The van der Waals surface area contributed by atoms with Crippen LogP contribution < -0.4 is 10.6 Å². The molecule has 0 bridgehead atoms. The Labute approximate surface area is 107 Å². The van der Waals surface area contributed by atoms with Gasteiger partial charge in [-0.3, -0.25) is 10.1 Å². The van der Waals surface area contributed by atoms with E-state index in [0.717, 1.165) is 25.7 Å². The molecule has 1 rings (SSSR count). The zero-order valence-electron chi connectivity index (χ0n) is 11.2. The third-order valence-electron chi connectivity index (χ3n) is 3.22. The van der Waals surface area contributed by atoms with E-state index in [2.05, 4.69) is 17.6 Å². The first kappa shape index (κ1) is 14.9. The van der Waals surface area contributed by atoms with Crippen LogP contribution in [0.3, 0.4) is 0 Å². The van der Waals surface area contributed by atoms with Crippen molar-refractivity contribution < 1.29 is 19.1 Å². The molecule has 0 aromatic heterocycles. The first-order chi connectivity index (χ1) is 8.60. The summed E-state index contributed by atoms with van der Waals surface area (Å²) in [6, 6.07) is -0.491. The van der Waals surface area contributed by atoms with Crippen LogP contribution >= 0.6 is 0 Å². The molecule has 0 radical (unpaired) electrons. The summed E-state index contributed by atoms with van der Waals surface area (Å²) in [7, 11) is 2.92. The van der Waals surface area contributed by atoms with Crippen molar-refractivity contribution in [1.29, 1.82) is 0 Å². The highest BCUT2D eigenvalue weighted by Gasteiger charge is 2.52. The summed E-state index contributed by atoms with van der Waals surface area (Å²) in [5, 5.41) is 4.90. The van der Waals surface area contributed by atoms with Gasteiger partial charge in [0.2, 0.25) is 0 Å². The van der Waals surface area contributed by atoms with E-state index in [0.29, 0.717) is 6.42 Å². The summed E-state index contributed by atoms with van der Waals surface area (Å²) < 4.78 is 10.3. The number of urea groups is 1. The molecule has 1 aliphatic heterocycles. The second-order valence-electron chi connectivity index (χ2n) is 4.49. The van der Waals surface area contributed by atoms with Crippen LogP contribution in [0.15, 0.2) is 0 Å². The minimum absolute atomic E-state index is 0.377. The fraction of sp³-hybridized carbons (Fsp3) is 0.833. The van der Waals surface area contributed by atoms with Gasteiger partial charge >= 0.3 is 6.03 Å². The number of ether oxygens (including phenoxy) is 2. The van der Waals surface area contributed by atoms with Gasteiger partial charge in [-0.05, 0) is 6.42 Å². The average molecular weight is 258 g/mol. The van der Waals surface area contributed by atoms with Gasteiger partial charge in [0.1, 0.15) is 0 Å². The Morgan fingerprint density at radius 1 is 1.17 bits per heavy atom. The minimum Gasteiger partial charge on any atom is -0.353 e. The Balaban J connectivity index is 2.75. The summed E-state index contributed by atoms with van der Waals surface area (Å²) in [5.74, 6) is -0.377. The molecular formula is C12H22N2O4. The Morgan fingerprint density at radius 2 is 1.83 bits per heavy atom. The number of hydrogen-bond donors (Lipinski definition) is 2. The molecule has 1 unspecified atom stereocenters. The van der Waals surface area contributed by atoms with Gasteiger partial charge in [0.15, 0.2) is 11.8 Å². The van der Waals surface area contributed by atoms with E-state index in [1.54, 1.807) is 0 Å². The highest BCUT2D eigenvalue weighted by molar-refractivity contribution is 6.07. The lowest BCUT2D eigenvalue weighted by Crippen LogP contribution is -2.57. The number of carbonyl (C=O) groups excluding carboxylic acids is 2. The van der Waals surface area contributed by atoms with Crippen molar-refractivity contribution in [2.24, 2.45) is 0 Å². The largest absolute Gasteiger partial charge is 0.353 e. The zero-order chi connectivity index (χ0) is 13.6. The number of imide groups is 1. The molecule has 6 heteroatoms. The summed E-state index contributed by atoms with van der Waals surface area (Å²) in [6.45, 7) is 2.12. The summed E-state index contributed by atoms with van der Waals surface area (Å²) in [5.41, 5.74) is -1.10. The molecule has 1 heterocycles. The molecule has 2 N–H and O–H groups in total. The van der Waals surface area contributed by atoms with Crippen LogP contribution in [-0.4, -0.2) is 38.0 Å². The van der Waals surface area contributed by atoms with Gasteiger partial charge in [-0.2, -0.15) is 0 Å². The van der Waals surface area contributed by atoms with E-state index in [4.69, 9.17) is 9.47 Å². The molecule has 6 nitrogen and oxygen atoms in total. The number of hydrogen-bond acceptors (Lipinski definition) is 4. The normalized spacial score (nSPS) is 23.3. The standard InChI is InChI=1S/C12H22N2O4/c1-4-5-6-7-8-12(10(17-2)18-3)9(15)13-11(16)14-12/h10H,4-8H2,1-3H3,(H2,13,14,15,16). The van der Waals surface area contributed by atoms with Gasteiger partial charge in [0.05, 0.1) is 0 Å². The molecule has 0 aromatic rings. The van der Waals surface area contributed by atoms with Gasteiger partial charge in [-0.25, -0.2) is 4.79 Å². The van der Waals surface area contributed by atoms with Crippen molar-refractivity contribution in [2.75, 3.05) is 14.2 Å². The van der Waals surface area contributed by atoms with E-state index >= 15 is 0 Å². The third-order valence-corrected chi connectivity index (χ3v) is 3.22. The number of rotatable bonds is 8. The number of methoxy groups -OCH3 is 2. The Kier molecular flexibility index (Phi) is 5.55. The van der Waals surface area contributed by atoms with Crippen LogP contribution in [0.5, 0.6) is 0 Å². The highest BCUT2D eigenvalue weighted by atomic mass is 16.7. The number of amides is 3. The fourth-order valence-electron chi connectivity index (χ4n) is 2.29. The number of carbonyl (C=O) groups is 2. The number of nitrogens with one attached hydrogen (secondary N) is 2. The molecule has 104 valence electrons. The minimum atomic E-state index is -1.10. The molecule has 18 heavy (non-hydrogen) atoms. The molecule has 1 aliphatic rings. The van der Waals surface area contributed by atoms with Crippen molar-refractivity contribution in [3.63, 3.8) is 0 Å². The van der Waals surface area contributed by atoms with Crippen molar-refractivity contribution >= 4 is 11.9 Å². The second kappa shape index (κ2) is 6.70. The van der Waals surface area contributed by atoms with Crippen molar-refractivity contribution in [3.8, 4) is 0 Å². The zero-order valence-corrected chi connectivity index (χ0v) is 11.2. The Bertz CT molecular complexity index is 304. The van der Waals surface area contributed by atoms with Gasteiger partial charge in [0, 0.05) is 14.2 Å². The highest BCUT2D eigenvalue weighted by Crippen LogP contribution is 2.26. The van der Waals surface area contributed by atoms with Gasteiger partial charge < -0.3 is 14.8 Å². The van der Waals surface area contributed by atoms with Crippen LogP contribution in [0, 0.1) is 0 Å². The van der Waals surface area contributed by atoms with Gasteiger partial charge in [0.25, 0.3) is 5.91 Å². The maximum absolute atomic E-state index is 12.0.